The molecule has 0 spiro atoms. The lowest BCUT2D eigenvalue weighted by Gasteiger charge is -2.10. The van der Waals surface area contributed by atoms with E-state index in [1.54, 1.807) is 0 Å². The Morgan fingerprint density at radius 3 is 1.64 bits per heavy atom. The molecule has 0 N–H and O–H groups in total. The van der Waals surface area contributed by atoms with Gasteiger partial charge in [-0.3, -0.25) is 0 Å². The van der Waals surface area contributed by atoms with Crippen LogP contribution in [0.5, 0.6) is 0 Å². The van der Waals surface area contributed by atoms with Crippen molar-refractivity contribution in [2.45, 2.75) is 0 Å². The predicted molar refractivity (Wildman–Crippen MR) is 268 cm³/mol. The summed E-state index contributed by atoms with van der Waals surface area (Å²) in [6, 6.07) is 75.1. The Bertz CT molecular complexity index is 3950. The molecular formula is C59H35N3OS. The first kappa shape index (κ1) is 36.4. The molecule has 0 aliphatic heterocycles. The largest absolute Gasteiger partial charge is 0.455 e. The van der Waals surface area contributed by atoms with E-state index in [4.69, 9.17) is 19.4 Å². The van der Waals surface area contributed by atoms with Gasteiger partial charge < -0.3 is 4.42 Å². The van der Waals surface area contributed by atoms with Crippen molar-refractivity contribution in [3.63, 3.8) is 0 Å². The van der Waals surface area contributed by atoms with Crippen molar-refractivity contribution in [3.05, 3.63) is 212 Å². The molecule has 0 saturated carbocycles. The molecule has 4 nitrogen and oxygen atoms in total. The first-order valence-corrected chi connectivity index (χ1v) is 22.3. The lowest BCUT2D eigenvalue weighted by molar-refractivity contribution is 0.670. The van der Waals surface area contributed by atoms with Gasteiger partial charge in [0.2, 0.25) is 0 Å². The number of thiophene rings is 1. The second-order valence-corrected chi connectivity index (χ2v) is 17.4. The van der Waals surface area contributed by atoms with Crippen molar-refractivity contribution in [2.24, 2.45) is 0 Å². The Morgan fingerprint density at radius 2 is 0.906 bits per heavy atom. The average Bonchev–Trinajstić information content (AvgIpc) is 3.94. The van der Waals surface area contributed by atoms with E-state index in [9.17, 15) is 0 Å². The molecule has 0 aliphatic carbocycles. The molecule has 5 heteroatoms. The van der Waals surface area contributed by atoms with Gasteiger partial charge in [0.15, 0.2) is 17.5 Å². The highest BCUT2D eigenvalue weighted by molar-refractivity contribution is 7.26. The molecule has 0 bridgehead atoms. The van der Waals surface area contributed by atoms with Crippen LogP contribution in [0.4, 0.5) is 0 Å². The van der Waals surface area contributed by atoms with Gasteiger partial charge in [-0.15, -0.1) is 11.3 Å². The van der Waals surface area contributed by atoms with Crippen LogP contribution in [-0.4, -0.2) is 15.0 Å². The van der Waals surface area contributed by atoms with Crippen molar-refractivity contribution in [3.8, 4) is 67.5 Å². The Kier molecular flexibility index (Phi) is 8.36. The van der Waals surface area contributed by atoms with E-state index < -0.39 is 0 Å². The second kappa shape index (κ2) is 14.7. The fourth-order valence-electron chi connectivity index (χ4n) is 9.43. The van der Waals surface area contributed by atoms with Crippen molar-refractivity contribution < 1.29 is 4.42 Å². The molecule has 13 aromatic rings. The summed E-state index contributed by atoms with van der Waals surface area (Å²) in [4.78, 5) is 15.5. The van der Waals surface area contributed by atoms with Gasteiger partial charge in [-0.1, -0.05) is 176 Å². The maximum Gasteiger partial charge on any atom is 0.164 e. The van der Waals surface area contributed by atoms with E-state index in [1.807, 2.05) is 29.5 Å². The van der Waals surface area contributed by atoms with E-state index in [0.717, 1.165) is 55.1 Å². The van der Waals surface area contributed by atoms with Gasteiger partial charge in [0, 0.05) is 58.8 Å². The van der Waals surface area contributed by atoms with Gasteiger partial charge >= 0.3 is 0 Å². The summed E-state index contributed by atoms with van der Waals surface area (Å²) >= 11 is 1.83. The minimum atomic E-state index is 0.586. The molecule has 0 unspecified atom stereocenters. The molecule has 0 radical (unpaired) electrons. The second-order valence-electron chi connectivity index (χ2n) is 16.3. The number of benzene rings is 10. The molecule has 0 fully saturated rings. The third-order valence-corrected chi connectivity index (χ3v) is 13.7. The average molecular weight is 834 g/mol. The molecule has 0 saturated heterocycles. The third kappa shape index (κ3) is 6.01. The first-order valence-electron chi connectivity index (χ1n) is 21.5. The number of aromatic nitrogens is 3. The third-order valence-electron chi connectivity index (χ3n) is 12.5. The molecule has 3 aromatic heterocycles. The number of furan rings is 1. The summed E-state index contributed by atoms with van der Waals surface area (Å²) in [5, 5.41) is 9.42. The standard InChI is InChI=1S/C59H35N3OS/c1-4-15-36(16-5-1)39-23-14-24-40(31-39)49-32-41-21-11-13-26-46(41)54-48-30-28-44(35-52(48)64-56(49)54)59-61-57(38-19-8-3-9-20-38)60-58(62-59)43-27-29-47-50-33-42-22-10-12-25-45(42)53(37-17-6-2-7-18-37)55(50)63-51(47)34-43/h1-35H. The van der Waals surface area contributed by atoms with Crippen LogP contribution >= 0.6 is 11.3 Å². The molecule has 0 atom stereocenters. The van der Waals surface area contributed by atoms with Gasteiger partial charge in [0.25, 0.3) is 0 Å². The number of nitrogens with zero attached hydrogens (tertiary/aromatic N) is 3. The lowest BCUT2D eigenvalue weighted by atomic mass is 9.94. The number of hydrogen-bond donors (Lipinski definition) is 0. The molecule has 0 aliphatic rings. The zero-order valence-corrected chi connectivity index (χ0v) is 35.2. The van der Waals surface area contributed by atoms with Gasteiger partial charge in [0.05, 0.1) is 0 Å². The molecule has 298 valence electrons. The van der Waals surface area contributed by atoms with Crippen LogP contribution in [0.3, 0.4) is 0 Å². The highest BCUT2D eigenvalue weighted by atomic mass is 32.1. The number of hydrogen-bond acceptors (Lipinski definition) is 5. The summed E-state index contributed by atoms with van der Waals surface area (Å²) in [6.07, 6.45) is 0. The van der Waals surface area contributed by atoms with E-state index in [2.05, 4.69) is 194 Å². The highest BCUT2D eigenvalue weighted by Gasteiger charge is 2.20. The molecule has 13 rings (SSSR count). The number of rotatable bonds is 6. The predicted octanol–water partition coefficient (Wildman–Crippen LogP) is 16.4. The SMILES string of the molecule is c1ccc(-c2cccc(-c3cc4ccccc4c4c3sc3cc(-c5nc(-c6ccccc6)nc(-c6ccc7c(c6)oc6c(-c8ccccc8)c8ccccc8cc67)n5)ccc34)c2)cc1. The van der Waals surface area contributed by atoms with Gasteiger partial charge in [-0.05, 0) is 80.2 Å². The lowest BCUT2D eigenvalue weighted by Crippen LogP contribution is -2.00. The molecular weight excluding hydrogens is 799 g/mol. The van der Waals surface area contributed by atoms with Gasteiger partial charge in [-0.25, -0.2) is 15.0 Å². The fourth-order valence-corrected chi connectivity index (χ4v) is 10.7. The van der Waals surface area contributed by atoms with Crippen molar-refractivity contribution in [2.75, 3.05) is 0 Å². The van der Waals surface area contributed by atoms with Gasteiger partial charge in [0.1, 0.15) is 11.2 Å². The van der Waals surface area contributed by atoms with Crippen LogP contribution in [0.1, 0.15) is 0 Å². The number of fused-ring (bicyclic) bond motifs is 9. The van der Waals surface area contributed by atoms with Crippen LogP contribution in [0.2, 0.25) is 0 Å². The summed E-state index contributed by atoms with van der Waals surface area (Å²) < 4.78 is 9.29. The molecule has 64 heavy (non-hydrogen) atoms. The van der Waals surface area contributed by atoms with Gasteiger partial charge in [-0.2, -0.15) is 0 Å². The summed E-state index contributed by atoms with van der Waals surface area (Å²) in [5.41, 5.74) is 11.4. The summed E-state index contributed by atoms with van der Waals surface area (Å²) in [6.45, 7) is 0. The quantitative estimate of drug-likeness (QED) is 0.167. The summed E-state index contributed by atoms with van der Waals surface area (Å²) in [7, 11) is 0. The van der Waals surface area contributed by atoms with E-state index >= 15 is 0 Å². The first-order chi connectivity index (χ1) is 31.7. The molecule has 10 aromatic carbocycles. The topological polar surface area (TPSA) is 51.8 Å². The molecule has 3 heterocycles. The van der Waals surface area contributed by atoms with Crippen LogP contribution in [-0.2, 0) is 0 Å². The Morgan fingerprint density at radius 1 is 0.344 bits per heavy atom. The Balaban J connectivity index is 0.979. The van der Waals surface area contributed by atoms with E-state index in [-0.39, 0.29) is 0 Å². The van der Waals surface area contributed by atoms with E-state index in [0.29, 0.717) is 17.5 Å². The van der Waals surface area contributed by atoms with Crippen molar-refractivity contribution in [1.82, 2.24) is 15.0 Å². The normalized spacial score (nSPS) is 11.8. The maximum atomic E-state index is 6.85. The smallest absolute Gasteiger partial charge is 0.164 e. The molecule has 0 amide bonds. The highest BCUT2D eigenvalue weighted by Crippen LogP contribution is 2.46. The Labute approximate surface area is 372 Å². The fraction of sp³-hybridized carbons (Fsp3) is 0. The van der Waals surface area contributed by atoms with Crippen molar-refractivity contribution in [1.29, 1.82) is 0 Å². The van der Waals surface area contributed by atoms with Crippen LogP contribution in [0.25, 0.3) is 131 Å². The van der Waals surface area contributed by atoms with Crippen LogP contribution in [0.15, 0.2) is 217 Å². The zero-order valence-electron chi connectivity index (χ0n) is 34.4. The minimum absolute atomic E-state index is 0.586. The van der Waals surface area contributed by atoms with E-state index in [1.165, 1.54) is 58.6 Å². The van der Waals surface area contributed by atoms with Crippen molar-refractivity contribution >= 4 is 75.0 Å². The minimum Gasteiger partial charge on any atom is -0.455 e. The zero-order chi connectivity index (χ0) is 42.1. The monoisotopic (exact) mass is 833 g/mol. The maximum absolute atomic E-state index is 6.85. The summed E-state index contributed by atoms with van der Waals surface area (Å²) in [5.74, 6) is 1.82. The Hall–Kier alpha value is -8.25. The van der Waals surface area contributed by atoms with Crippen LogP contribution in [0, 0.1) is 0 Å². The van der Waals surface area contributed by atoms with Crippen LogP contribution < -0.4 is 0 Å².